The summed E-state index contributed by atoms with van der Waals surface area (Å²) in [7, 11) is 0. The summed E-state index contributed by atoms with van der Waals surface area (Å²) in [4.78, 5) is 37.7. The van der Waals surface area contributed by atoms with Crippen molar-refractivity contribution >= 4 is 23.4 Å². The molecule has 2 aromatic carbocycles. The van der Waals surface area contributed by atoms with Gasteiger partial charge in [-0.3, -0.25) is 14.4 Å². The number of anilines is 1. The first-order valence-corrected chi connectivity index (χ1v) is 9.01. The molecule has 1 aliphatic rings. The highest BCUT2D eigenvalue weighted by Gasteiger charge is 2.30. The molecule has 1 heterocycles. The number of carbonyl (C=O) groups excluding carboxylic acids is 3. The van der Waals surface area contributed by atoms with Crippen LogP contribution in [0.15, 0.2) is 54.6 Å². The summed E-state index contributed by atoms with van der Waals surface area (Å²) in [6, 6.07) is 16.6. The molecule has 1 saturated heterocycles. The van der Waals surface area contributed by atoms with E-state index in [2.05, 4.69) is 10.6 Å². The van der Waals surface area contributed by atoms with Gasteiger partial charge in [0.05, 0.1) is 6.04 Å². The molecule has 0 radical (unpaired) electrons. The fourth-order valence-electron chi connectivity index (χ4n) is 3.20. The Bertz CT molecular complexity index is 836. The molecule has 0 saturated carbocycles. The maximum Gasteiger partial charge on any atom is 0.251 e. The highest BCUT2D eigenvalue weighted by molar-refractivity contribution is 5.97. The highest BCUT2D eigenvalue weighted by atomic mass is 16.2. The molecule has 1 atom stereocenters. The molecule has 2 N–H and O–H groups in total. The molecule has 3 rings (SSSR count). The zero-order chi connectivity index (χ0) is 19.2. The first-order valence-electron chi connectivity index (χ1n) is 9.01. The third-order valence-corrected chi connectivity index (χ3v) is 4.51. The van der Waals surface area contributed by atoms with Crippen molar-refractivity contribution in [1.82, 2.24) is 10.2 Å². The van der Waals surface area contributed by atoms with E-state index in [1.165, 1.54) is 12.5 Å². The van der Waals surface area contributed by atoms with Gasteiger partial charge in [-0.25, -0.2) is 0 Å². The maximum absolute atomic E-state index is 12.5. The Morgan fingerprint density at radius 1 is 1.11 bits per heavy atom. The smallest absolute Gasteiger partial charge is 0.251 e. The van der Waals surface area contributed by atoms with Crippen molar-refractivity contribution in [2.75, 3.05) is 18.4 Å². The minimum atomic E-state index is -0.245. The lowest BCUT2D eigenvalue weighted by atomic mass is 10.1. The van der Waals surface area contributed by atoms with Crippen LogP contribution in [0, 0.1) is 0 Å². The quantitative estimate of drug-likeness (QED) is 0.824. The molecular formula is C21H23N3O3. The second-order valence-corrected chi connectivity index (χ2v) is 6.71. The van der Waals surface area contributed by atoms with Gasteiger partial charge in [0.15, 0.2) is 0 Å². The molecular weight excluding hydrogens is 342 g/mol. The number of hydrogen-bond donors (Lipinski definition) is 2. The highest BCUT2D eigenvalue weighted by Crippen LogP contribution is 2.15. The molecule has 1 fully saturated rings. The van der Waals surface area contributed by atoms with E-state index in [0.29, 0.717) is 30.8 Å². The molecule has 3 amide bonds. The number of benzene rings is 2. The average Bonchev–Trinajstić information content (AvgIpc) is 2.99. The van der Waals surface area contributed by atoms with Crippen LogP contribution in [0.2, 0.25) is 0 Å². The van der Waals surface area contributed by atoms with Gasteiger partial charge in [0, 0.05) is 37.7 Å². The van der Waals surface area contributed by atoms with Crippen molar-refractivity contribution < 1.29 is 14.4 Å². The summed E-state index contributed by atoms with van der Waals surface area (Å²) in [6.45, 7) is 2.58. The minimum Gasteiger partial charge on any atom is -0.347 e. The molecule has 0 spiro atoms. The lowest BCUT2D eigenvalue weighted by Crippen LogP contribution is -2.37. The molecule has 27 heavy (non-hydrogen) atoms. The summed E-state index contributed by atoms with van der Waals surface area (Å²) in [5.74, 6) is -0.379. The van der Waals surface area contributed by atoms with Crippen LogP contribution in [-0.4, -0.2) is 41.8 Å². The SMILES string of the molecule is CC(=O)Nc1cccc(C(=O)N[C@H]2CC(=O)N(CCc3ccccc3)C2)c1. The van der Waals surface area contributed by atoms with Crippen LogP contribution in [0.4, 0.5) is 5.69 Å². The van der Waals surface area contributed by atoms with Gasteiger partial charge in [0.1, 0.15) is 0 Å². The fraction of sp³-hybridized carbons (Fsp3) is 0.286. The zero-order valence-corrected chi connectivity index (χ0v) is 15.3. The van der Waals surface area contributed by atoms with Gasteiger partial charge in [0.25, 0.3) is 5.91 Å². The molecule has 1 aliphatic heterocycles. The average molecular weight is 365 g/mol. The van der Waals surface area contributed by atoms with Crippen molar-refractivity contribution in [2.24, 2.45) is 0 Å². The fourth-order valence-corrected chi connectivity index (χ4v) is 3.20. The Hall–Kier alpha value is -3.15. The Kier molecular flexibility index (Phi) is 5.86. The van der Waals surface area contributed by atoms with Crippen LogP contribution in [0.3, 0.4) is 0 Å². The van der Waals surface area contributed by atoms with E-state index < -0.39 is 0 Å². The summed E-state index contributed by atoms with van der Waals surface area (Å²) in [6.07, 6.45) is 1.11. The maximum atomic E-state index is 12.5. The number of rotatable bonds is 6. The third kappa shape index (κ3) is 5.17. The van der Waals surface area contributed by atoms with Gasteiger partial charge in [0.2, 0.25) is 11.8 Å². The van der Waals surface area contributed by atoms with Gasteiger partial charge >= 0.3 is 0 Å². The number of hydrogen-bond acceptors (Lipinski definition) is 3. The largest absolute Gasteiger partial charge is 0.347 e. The number of nitrogens with one attached hydrogen (secondary N) is 2. The summed E-state index contributed by atoms with van der Waals surface area (Å²) >= 11 is 0. The number of amides is 3. The number of nitrogens with zero attached hydrogens (tertiary/aromatic N) is 1. The van der Waals surface area contributed by atoms with Crippen LogP contribution in [0.5, 0.6) is 0 Å². The monoisotopic (exact) mass is 365 g/mol. The normalized spacial score (nSPS) is 16.3. The Labute approximate surface area is 158 Å². The molecule has 0 aliphatic carbocycles. The van der Waals surface area contributed by atoms with E-state index in [1.807, 2.05) is 30.3 Å². The van der Waals surface area contributed by atoms with Crippen LogP contribution < -0.4 is 10.6 Å². The molecule has 0 unspecified atom stereocenters. The van der Waals surface area contributed by atoms with Gasteiger partial charge in [-0.05, 0) is 30.2 Å². The Balaban J connectivity index is 1.54. The first-order chi connectivity index (χ1) is 13.0. The van der Waals surface area contributed by atoms with E-state index in [9.17, 15) is 14.4 Å². The summed E-state index contributed by atoms with van der Waals surface area (Å²) < 4.78 is 0. The van der Waals surface area contributed by atoms with Crippen molar-refractivity contribution in [1.29, 1.82) is 0 Å². The zero-order valence-electron chi connectivity index (χ0n) is 15.3. The molecule has 2 aromatic rings. The predicted octanol–water partition coefficient (Wildman–Crippen LogP) is 2.22. The molecule has 0 aromatic heterocycles. The Morgan fingerprint density at radius 2 is 1.89 bits per heavy atom. The van der Waals surface area contributed by atoms with Crippen LogP contribution in [0.1, 0.15) is 29.3 Å². The van der Waals surface area contributed by atoms with Gasteiger partial charge in [-0.2, -0.15) is 0 Å². The van der Waals surface area contributed by atoms with E-state index in [-0.39, 0.29) is 23.8 Å². The van der Waals surface area contributed by atoms with Crippen LogP contribution in [-0.2, 0) is 16.0 Å². The summed E-state index contributed by atoms with van der Waals surface area (Å²) in [5.41, 5.74) is 2.21. The predicted molar refractivity (Wildman–Crippen MR) is 103 cm³/mol. The molecule has 6 nitrogen and oxygen atoms in total. The van der Waals surface area contributed by atoms with Gasteiger partial charge in [-0.1, -0.05) is 36.4 Å². The minimum absolute atomic E-state index is 0.0585. The third-order valence-electron chi connectivity index (χ3n) is 4.51. The second kappa shape index (κ2) is 8.49. The second-order valence-electron chi connectivity index (χ2n) is 6.71. The summed E-state index contributed by atoms with van der Waals surface area (Å²) in [5, 5.41) is 5.58. The van der Waals surface area contributed by atoms with Crippen LogP contribution >= 0.6 is 0 Å². The van der Waals surface area contributed by atoms with Crippen molar-refractivity contribution in [3.05, 3.63) is 65.7 Å². The van der Waals surface area contributed by atoms with E-state index >= 15 is 0 Å². The molecule has 6 heteroatoms. The molecule has 140 valence electrons. The van der Waals surface area contributed by atoms with Gasteiger partial charge in [-0.15, -0.1) is 0 Å². The van der Waals surface area contributed by atoms with Crippen molar-refractivity contribution in [2.45, 2.75) is 25.8 Å². The van der Waals surface area contributed by atoms with Crippen LogP contribution in [0.25, 0.3) is 0 Å². The number of likely N-dealkylation sites (tertiary alicyclic amines) is 1. The van der Waals surface area contributed by atoms with Gasteiger partial charge < -0.3 is 15.5 Å². The van der Waals surface area contributed by atoms with Crippen molar-refractivity contribution in [3.8, 4) is 0 Å². The first kappa shape index (κ1) is 18.6. The molecule has 0 bridgehead atoms. The van der Waals surface area contributed by atoms with E-state index in [4.69, 9.17) is 0 Å². The lowest BCUT2D eigenvalue weighted by Gasteiger charge is -2.17. The lowest BCUT2D eigenvalue weighted by molar-refractivity contribution is -0.127. The standard InChI is InChI=1S/C21H23N3O3/c1-15(25)22-18-9-5-8-17(12-18)21(27)23-19-13-20(26)24(14-19)11-10-16-6-3-2-4-7-16/h2-9,12,19H,10-11,13-14H2,1H3,(H,22,25)(H,23,27)/t19-/m0/s1. The van der Waals surface area contributed by atoms with Crippen molar-refractivity contribution in [3.63, 3.8) is 0 Å². The van der Waals surface area contributed by atoms with E-state index in [1.54, 1.807) is 29.2 Å². The van der Waals surface area contributed by atoms with E-state index in [0.717, 1.165) is 6.42 Å². The topological polar surface area (TPSA) is 78.5 Å². The Morgan fingerprint density at radius 3 is 2.63 bits per heavy atom. The number of carbonyl (C=O) groups is 3.